The molecule has 0 fully saturated rings. The molecule has 1 aliphatic carbocycles. The Morgan fingerprint density at radius 1 is 0.434 bits per heavy atom. The number of hydrogen-bond donors (Lipinski definition) is 0. The van der Waals surface area contributed by atoms with Gasteiger partial charge in [0.25, 0.3) is 0 Å². The summed E-state index contributed by atoms with van der Waals surface area (Å²) in [5.41, 5.74) is 15.9. The number of benzene rings is 8. The molecule has 252 valence electrons. The summed E-state index contributed by atoms with van der Waals surface area (Å²) in [7, 11) is 0. The Bertz CT molecular complexity index is 2800. The summed E-state index contributed by atoms with van der Waals surface area (Å²) in [6, 6.07) is 65.0. The fourth-order valence-corrected chi connectivity index (χ4v) is 8.22. The van der Waals surface area contributed by atoms with Gasteiger partial charge in [0.15, 0.2) is 5.58 Å². The highest BCUT2D eigenvalue weighted by Crippen LogP contribution is 2.51. The van der Waals surface area contributed by atoms with Crippen molar-refractivity contribution in [3.63, 3.8) is 0 Å². The van der Waals surface area contributed by atoms with E-state index >= 15 is 0 Å². The monoisotopic (exact) mass is 680 g/mol. The molecule has 10 rings (SSSR count). The van der Waals surface area contributed by atoms with Crippen molar-refractivity contribution < 1.29 is 4.42 Å². The number of aromatic nitrogens is 1. The van der Waals surface area contributed by atoms with Crippen molar-refractivity contribution in [1.29, 1.82) is 0 Å². The predicted molar refractivity (Wildman–Crippen MR) is 220 cm³/mol. The topological polar surface area (TPSA) is 29.3 Å². The van der Waals surface area contributed by atoms with Crippen molar-refractivity contribution in [3.8, 4) is 44.8 Å². The van der Waals surface area contributed by atoms with Crippen LogP contribution in [0.2, 0.25) is 0 Å². The smallest absolute Gasteiger partial charge is 0.227 e. The van der Waals surface area contributed by atoms with Gasteiger partial charge in [0.05, 0.1) is 0 Å². The van der Waals surface area contributed by atoms with E-state index in [1.165, 1.54) is 33.4 Å². The average Bonchev–Trinajstić information content (AvgIpc) is 3.76. The fourth-order valence-electron chi connectivity index (χ4n) is 8.22. The van der Waals surface area contributed by atoms with Gasteiger partial charge in [0.1, 0.15) is 5.52 Å². The fraction of sp³-hybridized carbons (Fsp3) is 0.0600. The van der Waals surface area contributed by atoms with Gasteiger partial charge in [-0.05, 0) is 104 Å². The van der Waals surface area contributed by atoms with Crippen LogP contribution < -0.4 is 4.90 Å². The summed E-state index contributed by atoms with van der Waals surface area (Å²) in [5.74, 6) is 0.637. The molecule has 0 saturated heterocycles. The zero-order chi connectivity index (χ0) is 35.5. The molecule has 1 aromatic heterocycles. The average molecular weight is 681 g/mol. The first-order chi connectivity index (χ1) is 26.0. The first-order valence-electron chi connectivity index (χ1n) is 18.2. The minimum Gasteiger partial charge on any atom is -0.435 e. The van der Waals surface area contributed by atoms with Crippen LogP contribution >= 0.6 is 0 Å². The third kappa shape index (κ3) is 5.16. The summed E-state index contributed by atoms with van der Waals surface area (Å²) in [6.45, 7) is 4.69. The molecular formula is C50H36N2O. The molecule has 0 atom stereocenters. The van der Waals surface area contributed by atoms with Crippen LogP contribution in [0.4, 0.5) is 17.1 Å². The van der Waals surface area contributed by atoms with E-state index in [9.17, 15) is 0 Å². The lowest BCUT2D eigenvalue weighted by Crippen LogP contribution is -2.16. The molecule has 1 aliphatic rings. The first-order valence-corrected chi connectivity index (χ1v) is 18.2. The van der Waals surface area contributed by atoms with Gasteiger partial charge in [-0.15, -0.1) is 0 Å². The first kappa shape index (κ1) is 31.1. The van der Waals surface area contributed by atoms with Crippen molar-refractivity contribution in [2.24, 2.45) is 0 Å². The molecule has 0 amide bonds. The third-order valence-electron chi connectivity index (χ3n) is 10.9. The normalized spacial score (nSPS) is 12.9. The maximum Gasteiger partial charge on any atom is 0.227 e. The van der Waals surface area contributed by atoms with Crippen molar-refractivity contribution in [2.75, 3.05) is 4.90 Å². The van der Waals surface area contributed by atoms with E-state index in [0.29, 0.717) is 5.89 Å². The van der Waals surface area contributed by atoms with Gasteiger partial charge < -0.3 is 9.32 Å². The zero-order valence-electron chi connectivity index (χ0n) is 29.6. The lowest BCUT2D eigenvalue weighted by molar-refractivity contribution is 0.623. The van der Waals surface area contributed by atoms with Crippen molar-refractivity contribution >= 4 is 38.9 Å². The summed E-state index contributed by atoms with van der Waals surface area (Å²) in [6.07, 6.45) is 0. The van der Waals surface area contributed by atoms with E-state index in [1.54, 1.807) is 0 Å². The highest BCUT2D eigenvalue weighted by Gasteiger charge is 2.35. The van der Waals surface area contributed by atoms with Crippen molar-refractivity contribution in [3.05, 3.63) is 193 Å². The SMILES string of the molecule is CC1(C)c2ccccc2-c2ccc(N(c3ccc(-c4cccc5c4ccc4nc(-c6ccccc6)oc45)cc3)c3cccc(-c4ccccc4)c3)cc21. The molecule has 53 heavy (non-hydrogen) atoms. The second-order valence-electron chi connectivity index (χ2n) is 14.4. The molecule has 0 saturated carbocycles. The molecule has 1 heterocycles. The third-order valence-corrected chi connectivity index (χ3v) is 10.9. The maximum absolute atomic E-state index is 6.40. The predicted octanol–water partition coefficient (Wildman–Crippen LogP) is 13.8. The van der Waals surface area contributed by atoms with E-state index < -0.39 is 0 Å². The van der Waals surface area contributed by atoms with Gasteiger partial charge in [-0.3, -0.25) is 0 Å². The largest absolute Gasteiger partial charge is 0.435 e. The Balaban J connectivity index is 1.08. The van der Waals surface area contributed by atoms with Crippen LogP contribution in [0.15, 0.2) is 186 Å². The summed E-state index contributed by atoms with van der Waals surface area (Å²) < 4.78 is 6.40. The number of fused-ring (bicyclic) bond motifs is 6. The van der Waals surface area contributed by atoms with Gasteiger partial charge in [0, 0.05) is 33.4 Å². The van der Waals surface area contributed by atoms with Gasteiger partial charge in [0.2, 0.25) is 5.89 Å². The van der Waals surface area contributed by atoms with Gasteiger partial charge in [-0.2, -0.15) is 0 Å². The molecule has 0 unspecified atom stereocenters. The highest BCUT2D eigenvalue weighted by molar-refractivity contribution is 6.09. The van der Waals surface area contributed by atoms with E-state index in [0.717, 1.165) is 55.6 Å². The molecule has 0 aliphatic heterocycles. The van der Waals surface area contributed by atoms with E-state index in [2.05, 4.69) is 170 Å². The van der Waals surface area contributed by atoms with Crippen LogP contribution in [-0.4, -0.2) is 4.98 Å². The molecule has 0 radical (unpaired) electrons. The van der Waals surface area contributed by atoms with Crippen LogP contribution in [0.5, 0.6) is 0 Å². The Hall–Kier alpha value is -6.71. The quantitative estimate of drug-likeness (QED) is 0.175. The van der Waals surface area contributed by atoms with Crippen LogP contribution in [0.3, 0.4) is 0 Å². The van der Waals surface area contributed by atoms with Gasteiger partial charge in [-0.25, -0.2) is 4.98 Å². The Kier molecular flexibility index (Phi) is 7.16. The standard InChI is InChI=1S/C50H36N2O/c1-50(2)45-22-10-9-19-42(45)43-28-27-39(32-46(43)50)52(38-18-11-17-36(31-38)33-13-5-3-6-14-33)37-25-23-34(24-26-37)40-20-12-21-44-41(40)29-30-47-48(44)53-49(51-47)35-15-7-4-8-16-35/h3-32H,1-2H3. The molecule has 0 bridgehead atoms. The molecule has 0 N–H and O–H groups in total. The van der Waals surface area contributed by atoms with Crippen LogP contribution in [0.25, 0.3) is 66.7 Å². The number of oxazole rings is 1. The summed E-state index contributed by atoms with van der Waals surface area (Å²) in [4.78, 5) is 7.21. The zero-order valence-corrected chi connectivity index (χ0v) is 29.6. The number of rotatable bonds is 6. The lowest BCUT2D eigenvalue weighted by Gasteiger charge is -2.28. The minimum absolute atomic E-state index is 0.103. The molecule has 0 spiro atoms. The summed E-state index contributed by atoms with van der Waals surface area (Å²) >= 11 is 0. The van der Waals surface area contributed by atoms with E-state index in [-0.39, 0.29) is 5.41 Å². The number of hydrogen-bond acceptors (Lipinski definition) is 3. The minimum atomic E-state index is -0.103. The van der Waals surface area contributed by atoms with E-state index in [4.69, 9.17) is 9.40 Å². The summed E-state index contributed by atoms with van der Waals surface area (Å²) in [5, 5.41) is 2.19. The number of anilines is 3. The van der Waals surface area contributed by atoms with Crippen molar-refractivity contribution in [2.45, 2.75) is 19.3 Å². The molecule has 3 heteroatoms. The molecule has 9 aromatic rings. The number of nitrogens with zero attached hydrogens (tertiary/aromatic N) is 2. The molecular weight excluding hydrogens is 645 g/mol. The van der Waals surface area contributed by atoms with Crippen LogP contribution in [0, 0.1) is 0 Å². The van der Waals surface area contributed by atoms with Gasteiger partial charge in [-0.1, -0.05) is 141 Å². The molecule has 3 nitrogen and oxygen atoms in total. The maximum atomic E-state index is 6.40. The highest BCUT2D eigenvalue weighted by atomic mass is 16.3. The Morgan fingerprint density at radius 2 is 1.08 bits per heavy atom. The van der Waals surface area contributed by atoms with Crippen molar-refractivity contribution in [1.82, 2.24) is 4.98 Å². The Labute approximate surface area is 309 Å². The van der Waals surface area contributed by atoms with Crippen LogP contribution in [-0.2, 0) is 5.41 Å². The van der Waals surface area contributed by atoms with E-state index in [1.807, 2.05) is 30.3 Å². The van der Waals surface area contributed by atoms with Crippen LogP contribution in [0.1, 0.15) is 25.0 Å². The Morgan fingerprint density at radius 3 is 1.89 bits per heavy atom. The van der Waals surface area contributed by atoms with Gasteiger partial charge >= 0.3 is 0 Å². The second kappa shape index (κ2) is 12.2. The molecule has 8 aromatic carbocycles. The second-order valence-corrected chi connectivity index (χ2v) is 14.4. The lowest BCUT2D eigenvalue weighted by atomic mass is 9.82.